The van der Waals surface area contributed by atoms with Crippen molar-refractivity contribution in [3.05, 3.63) is 63.6 Å². The summed E-state index contributed by atoms with van der Waals surface area (Å²) in [7, 11) is -0.998. The Bertz CT molecular complexity index is 687. The molecule has 1 N–H and O–H groups in total. The second-order valence-corrected chi connectivity index (χ2v) is 6.76. The molecule has 110 valence electrons. The Morgan fingerprint density at radius 3 is 2.43 bits per heavy atom. The highest BCUT2D eigenvalue weighted by atomic mass is 35.5. The van der Waals surface area contributed by atoms with Crippen molar-refractivity contribution in [2.75, 3.05) is 11.6 Å². The van der Waals surface area contributed by atoms with Gasteiger partial charge in [-0.15, -0.1) is 0 Å². The van der Waals surface area contributed by atoms with Crippen LogP contribution in [0.2, 0.25) is 10.0 Å². The smallest absolute Gasteiger partial charge is 0.255 e. The zero-order valence-corrected chi connectivity index (χ0v) is 13.6. The van der Waals surface area contributed by atoms with Gasteiger partial charge in [0.25, 0.3) is 5.91 Å². The number of anilines is 1. The van der Waals surface area contributed by atoms with Crippen molar-refractivity contribution in [3.8, 4) is 0 Å². The average Bonchev–Trinajstić information content (AvgIpc) is 2.42. The van der Waals surface area contributed by atoms with Gasteiger partial charge < -0.3 is 5.32 Å². The van der Waals surface area contributed by atoms with Gasteiger partial charge in [-0.05, 0) is 48.0 Å². The Hall–Kier alpha value is -1.36. The van der Waals surface area contributed by atoms with E-state index < -0.39 is 10.8 Å². The highest BCUT2D eigenvalue weighted by Gasteiger charge is 2.08. The predicted molar refractivity (Wildman–Crippen MR) is 88.6 cm³/mol. The van der Waals surface area contributed by atoms with Crippen LogP contribution in [0, 0.1) is 0 Å². The summed E-state index contributed by atoms with van der Waals surface area (Å²) < 4.78 is 11.3. The molecule has 0 saturated carbocycles. The molecule has 0 bridgehead atoms. The van der Waals surface area contributed by atoms with E-state index in [0.717, 1.165) is 5.56 Å². The fourth-order valence-corrected chi connectivity index (χ4v) is 2.85. The van der Waals surface area contributed by atoms with E-state index in [1.807, 2.05) is 0 Å². The Labute approximate surface area is 135 Å². The molecule has 0 radical (unpaired) electrons. The third kappa shape index (κ3) is 4.56. The minimum Gasteiger partial charge on any atom is -0.322 e. The summed E-state index contributed by atoms with van der Waals surface area (Å²) in [5.41, 5.74) is 1.86. The first-order valence-corrected chi connectivity index (χ1v) is 8.59. The minimum atomic E-state index is -0.998. The summed E-state index contributed by atoms with van der Waals surface area (Å²) in [5.74, 6) is 0.112. The molecule has 2 aromatic rings. The second kappa shape index (κ2) is 7.07. The van der Waals surface area contributed by atoms with Crippen molar-refractivity contribution in [3.63, 3.8) is 0 Å². The zero-order valence-electron chi connectivity index (χ0n) is 11.2. The number of amides is 1. The van der Waals surface area contributed by atoms with Crippen LogP contribution in [0.1, 0.15) is 15.9 Å². The molecule has 0 aliphatic rings. The topological polar surface area (TPSA) is 46.2 Å². The van der Waals surface area contributed by atoms with Crippen molar-refractivity contribution in [1.29, 1.82) is 0 Å². The van der Waals surface area contributed by atoms with E-state index in [2.05, 4.69) is 5.32 Å². The number of rotatable bonds is 4. The molecule has 0 spiro atoms. The van der Waals surface area contributed by atoms with E-state index in [1.165, 1.54) is 0 Å². The first-order valence-electron chi connectivity index (χ1n) is 6.11. The Morgan fingerprint density at radius 2 is 1.81 bits per heavy atom. The largest absolute Gasteiger partial charge is 0.322 e. The monoisotopic (exact) mass is 341 g/mol. The van der Waals surface area contributed by atoms with Gasteiger partial charge in [0.15, 0.2) is 0 Å². The first kappa shape index (κ1) is 16.0. The lowest BCUT2D eigenvalue weighted by Gasteiger charge is -2.09. The van der Waals surface area contributed by atoms with Crippen molar-refractivity contribution in [2.45, 2.75) is 5.75 Å². The SMILES string of the molecule is CS(=O)Cc1cc(NC(=O)c2ccc(Cl)cc2)ccc1Cl. The van der Waals surface area contributed by atoms with Gasteiger partial charge in [-0.25, -0.2) is 0 Å². The highest BCUT2D eigenvalue weighted by Crippen LogP contribution is 2.22. The standard InChI is InChI=1S/C15H13Cl2NO2S/c1-21(20)9-11-8-13(6-7-14(11)17)18-15(19)10-2-4-12(16)5-3-10/h2-8H,9H2,1H3,(H,18,19). The van der Waals surface area contributed by atoms with E-state index in [-0.39, 0.29) is 5.91 Å². The van der Waals surface area contributed by atoms with E-state index >= 15 is 0 Å². The molecular weight excluding hydrogens is 329 g/mol. The third-order valence-corrected chi connectivity index (χ3v) is 4.11. The number of halogens is 2. The minimum absolute atomic E-state index is 0.238. The van der Waals surface area contributed by atoms with Crippen LogP contribution in [-0.4, -0.2) is 16.4 Å². The third-order valence-electron chi connectivity index (χ3n) is 2.77. The Morgan fingerprint density at radius 1 is 1.14 bits per heavy atom. The van der Waals surface area contributed by atoms with Gasteiger partial charge in [-0.2, -0.15) is 0 Å². The van der Waals surface area contributed by atoms with Crippen LogP contribution in [0.5, 0.6) is 0 Å². The van der Waals surface area contributed by atoms with Crippen LogP contribution in [-0.2, 0) is 16.6 Å². The molecule has 2 aromatic carbocycles. The van der Waals surface area contributed by atoms with Crippen molar-refractivity contribution in [2.24, 2.45) is 0 Å². The fourth-order valence-electron chi connectivity index (χ4n) is 1.79. The van der Waals surface area contributed by atoms with Crippen LogP contribution in [0.25, 0.3) is 0 Å². The maximum Gasteiger partial charge on any atom is 0.255 e. The molecule has 0 aliphatic heterocycles. The molecule has 1 atom stereocenters. The summed E-state index contributed by atoms with van der Waals surface area (Å²) in [5, 5.41) is 3.89. The Kier molecular flexibility index (Phi) is 5.39. The van der Waals surface area contributed by atoms with Crippen LogP contribution < -0.4 is 5.32 Å². The molecule has 0 aromatic heterocycles. The summed E-state index contributed by atoms with van der Waals surface area (Å²) in [6.07, 6.45) is 1.61. The first-order chi connectivity index (χ1) is 9.95. The van der Waals surface area contributed by atoms with Crippen LogP contribution in [0.3, 0.4) is 0 Å². The van der Waals surface area contributed by atoms with Gasteiger partial charge in [0, 0.05) is 44.1 Å². The molecule has 1 unspecified atom stereocenters. The van der Waals surface area contributed by atoms with E-state index in [1.54, 1.807) is 48.7 Å². The van der Waals surface area contributed by atoms with Gasteiger partial charge >= 0.3 is 0 Å². The molecular formula is C15H13Cl2NO2S. The van der Waals surface area contributed by atoms with Crippen LogP contribution >= 0.6 is 23.2 Å². The molecule has 6 heteroatoms. The maximum atomic E-state index is 12.1. The van der Waals surface area contributed by atoms with Gasteiger partial charge in [-0.1, -0.05) is 23.2 Å². The van der Waals surface area contributed by atoms with Crippen molar-refractivity contribution in [1.82, 2.24) is 0 Å². The van der Waals surface area contributed by atoms with Gasteiger partial charge in [0.05, 0.1) is 0 Å². The molecule has 2 rings (SSSR count). The zero-order chi connectivity index (χ0) is 15.4. The number of hydrogen-bond donors (Lipinski definition) is 1. The molecule has 0 heterocycles. The molecule has 0 saturated heterocycles. The Balaban J connectivity index is 2.17. The van der Waals surface area contributed by atoms with Crippen molar-refractivity contribution < 1.29 is 9.00 Å². The summed E-state index contributed by atoms with van der Waals surface area (Å²) in [4.78, 5) is 12.1. The normalized spacial score (nSPS) is 12.0. The maximum absolute atomic E-state index is 12.1. The fraction of sp³-hybridized carbons (Fsp3) is 0.133. The van der Waals surface area contributed by atoms with Crippen molar-refractivity contribution >= 4 is 45.6 Å². The lowest BCUT2D eigenvalue weighted by molar-refractivity contribution is 0.102. The number of carbonyl (C=O) groups excluding carboxylic acids is 1. The summed E-state index contributed by atoms with van der Waals surface area (Å²) in [6, 6.07) is 11.7. The van der Waals surface area contributed by atoms with E-state index in [9.17, 15) is 9.00 Å². The second-order valence-electron chi connectivity index (χ2n) is 4.48. The van der Waals surface area contributed by atoms with Crippen LogP contribution in [0.4, 0.5) is 5.69 Å². The molecule has 0 fully saturated rings. The predicted octanol–water partition coefficient (Wildman–Crippen LogP) is 4.12. The summed E-state index contributed by atoms with van der Waals surface area (Å²) >= 11 is 11.8. The quantitative estimate of drug-likeness (QED) is 0.908. The summed E-state index contributed by atoms with van der Waals surface area (Å²) in [6.45, 7) is 0. The van der Waals surface area contributed by atoms with Gasteiger partial charge in [-0.3, -0.25) is 9.00 Å². The number of benzene rings is 2. The van der Waals surface area contributed by atoms with Crippen LogP contribution in [0.15, 0.2) is 42.5 Å². The number of carbonyl (C=O) groups is 1. The molecule has 0 aliphatic carbocycles. The van der Waals surface area contributed by atoms with Gasteiger partial charge in [0.1, 0.15) is 0 Å². The average molecular weight is 342 g/mol. The van der Waals surface area contributed by atoms with E-state index in [0.29, 0.717) is 27.0 Å². The molecule has 1 amide bonds. The number of hydrogen-bond acceptors (Lipinski definition) is 2. The highest BCUT2D eigenvalue weighted by molar-refractivity contribution is 7.83. The van der Waals surface area contributed by atoms with Gasteiger partial charge in [0.2, 0.25) is 0 Å². The number of nitrogens with one attached hydrogen (secondary N) is 1. The lowest BCUT2D eigenvalue weighted by Crippen LogP contribution is -2.12. The lowest BCUT2D eigenvalue weighted by atomic mass is 10.2. The molecule has 3 nitrogen and oxygen atoms in total. The molecule has 21 heavy (non-hydrogen) atoms. The van der Waals surface area contributed by atoms with E-state index in [4.69, 9.17) is 23.2 Å².